The zero-order valence-corrected chi connectivity index (χ0v) is 16.8. The van der Waals surface area contributed by atoms with Gasteiger partial charge in [0, 0.05) is 26.2 Å². The lowest BCUT2D eigenvalue weighted by molar-refractivity contribution is -0.186. The molecule has 1 amide bonds. The second-order valence-electron chi connectivity index (χ2n) is 6.95. The molecule has 1 heterocycles. The van der Waals surface area contributed by atoms with Crippen LogP contribution in [0.15, 0.2) is 53.4 Å². The Morgan fingerprint density at radius 3 is 2.43 bits per heavy atom. The molecule has 0 aliphatic carbocycles. The number of carbonyl (C=O) groups is 1. The van der Waals surface area contributed by atoms with Gasteiger partial charge in [-0.3, -0.25) is 4.79 Å². The molecule has 0 fully saturated rings. The minimum Gasteiger partial charge on any atom is -0.395 e. The zero-order chi connectivity index (χ0) is 21.9. The van der Waals surface area contributed by atoms with E-state index in [1.165, 1.54) is 12.1 Å². The van der Waals surface area contributed by atoms with Crippen molar-refractivity contribution in [3.8, 4) is 0 Å². The van der Waals surface area contributed by atoms with Gasteiger partial charge in [0.15, 0.2) is 0 Å². The van der Waals surface area contributed by atoms with Gasteiger partial charge in [0.1, 0.15) is 0 Å². The second kappa shape index (κ2) is 8.75. The topological polar surface area (TPSA) is 77.9 Å². The van der Waals surface area contributed by atoms with Gasteiger partial charge in [-0.05, 0) is 35.2 Å². The molecular weight excluding hydrogens is 421 g/mol. The molecule has 162 valence electrons. The van der Waals surface area contributed by atoms with Crippen LogP contribution in [0, 0.1) is 0 Å². The number of nitrogens with zero attached hydrogens (tertiary/aromatic N) is 2. The summed E-state index contributed by atoms with van der Waals surface area (Å²) in [7, 11) is -4.01. The maximum atomic E-state index is 13.1. The Morgan fingerprint density at radius 1 is 1.10 bits per heavy atom. The van der Waals surface area contributed by atoms with E-state index < -0.39 is 22.1 Å². The Hall–Kier alpha value is -2.43. The fourth-order valence-corrected chi connectivity index (χ4v) is 4.85. The normalized spacial score (nSPS) is 14.6. The van der Waals surface area contributed by atoms with Crippen LogP contribution in [-0.4, -0.2) is 54.5 Å². The van der Waals surface area contributed by atoms with Crippen LogP contribution in [0.3, 0.4) is 0 Å². The average Bonchev–Trinajstić information content (AvgIpc) is 2.72. The number of hydrogen-bond donors (Lipinski definition) is 1. The number of sulfonamides is 1. The maximum absolute atomic E-state index is 13.1. The lowest BCUT2D eigenvalue weighted by atomic mass is 10.00. The smallest absolute Gasteiger partial charge is 0.395 e. The van der Waals surface area contributed by atoms with Gasteiger partial charge in [0.05, 0.1) is 11.5 Å². The van der Waals surface area contributed by atoms with Crippen molar-refractivity contribution in [3.05, 3.63) is 65.2 Å². The van der Waals surface area contributed by atoms with Gasteiger partial charge in [-0.1, -0.05) is 36.4 Å². The first-order chi connectivity index (χ1) is 14.1. The van der Waals surface area contributed by atoms with Gasteiger partial charge in [-0.25, -0.2) is 8.42 Å². The van der Waals surface area contributed by atoms with Crippen molar-refractivity contribution in [2.24, 2.45) is 0 Å². The Balaban J connectivity index is 1.88. The van der Waals surface area contributed by atoms with E-state index in [1.807, 2.05) is 0 Å². The maximum Gasteiger partial charge on any atom is 0.471 e. The molecule has 1 aliphatic heterocycles. The summed E-state index contributed by atoms with van der Waals surface area (Å²) >= 11 is 0. The molecule has 0 saturated heterocycles. The van der Waals surface area contributed by atoms with E-state index >= 15 is 0 Å². The molecule has 6 nitrogen and oxygen atoms in total. The van der Waals surface area contributed by atoms with Gasteiger partial charge in [-0.2, -0.15) is 17.5 Å². The van der Waals surface area contributed by atoms with Gasteiger partial charge in [0.25, 0.3) is 0 Å². The molecule has 30 heavy (non-hydrogen) atoms. The number of hydrogen-bond acceptors (Lipinski definition) is 4. The van der Waals surface area contributed by atoms with Gasteiger partial charge >= 0.3 is 12.1 Å². The largest absolute Gasteiger partial charge is 0.471 e. The molecule has 1 aliphatic rings. The first-order valence-electron chi connectivity index (χ1n) is 9.26. The van der Waals surface area contributed by atoms with E-state index in [-0.39, 0.29) is 44.1 Å². The van der Waals surface area contributed by atoms with E-state index in [1.54, 1.807) is 36.4 Å². The SMILES string of the molecule is O=C(N1CCc2ccc(S(=O)(=O)N(CCO)Cc3ccccc3)cc2C1)C(F)(F)F. The summed E-state index contributed by atoms with van der Waals surface area (Å²) in [6, 6.07) is 13.1. The van der Waals surface area contributed by atoms with E-state index in [4.69, 9.17) is 0 Å². The van der Waals surface area contributed by atoms with Crippen LogP contribution in [0.25, 0.3) is 0 Å². The van der Waals surface area contributed by atoms with Crippen LogP contribution in [0.4, 0.5) is 13.2 Å². The molecule has 2 aromatic rings. The quantitative estimate of drug-likeness (QED) is 0.745. The number of amides is 1. The van der Waals surface area contributed by atoms with Crippen LogP contribution in [0.1, 0.15) is 16.7 Å². The number of fused-ring (bicyclic) bond motifs is 1. The number of alkyl halides is 3. The predicted molar refractivity (Wildman–Crippen MR) is 103 cm³/mol. The Morgan fingerprint density at radius 2 is 1.80 bits per heavy atom. The molecule has 0 spiro atoms. The fraction of sp³-hybridized carbons (Fsp3) is 0.350. The Bertz CT molecular complexity index is 1010. The number of rotatable bonds is 6. The average molecular weight is 442 g/mol. The summed E-state index contributed by atoms with van der Waals surface area (Å²) in [4.78, 5) is 12.1. The first kappa shape index (κ1) is 22.3. The van der Waals surface area contributed by atoms with Gasteiger partial charge in [0.2, 0.25) is 10.0 Å². The molecule has 0 bridgehead atoms. The van der Waals surface area contributed by atoms with Crippen molar-refractivity contribution in [1.29, 1.82) is 0 Å². The first-order valence-corrected chi connectivity index (χ1v) is 10.7. The molecule has 0 unspecified atom stereocenters. The summed E-state index contributed by atoms with van der Waals surface area (Å²) in [5.41, 5.74) is 1.80. The molecule has 1 N–H and O–H groups in total. The molecule has 10 heteroatoms. The summed E-state index contributed by atoms with van der Waals surface area (Å²) in [6.07, 6.45) is -4.77. The minimum absolute atomic E-state index is 0.0412. The van der Waals surface area contributed by atoms with Gasteiger partial charge < -0.3 is 10.0 Å². The molecule has 0 radical (unpaired) electrons. The van der Waals surface area contributed by atoms with Crippen LogP contribution in [0.5, 0.6) is 0 Å². The summed E-state index contributed by atoms with van der Waals surface area (Å²) in [6.45, 7) is -0.866. The third-order valence-electron chi connectivity index (χ3n) is 4.91. The van der Waals surface area contributed by atoms with Crippen molar-refractivity contribution in [1.82, 2.24) is 9.21 Å². The predicted octanol–water partition coefficient (Wildman–Crippen LogP) is 2.32. The van der Waals surface area contributed by atoms with Gasteiger partial charge in [-0.15, -0.1) is 0 Å². The summed E-state index contributed by atoms with van der Waals surface area (Å²) in [5, 5.41) is 9.33. The van der Waals surface area contributed by atoms with Crippen LogP contribution in [-0.2, 0) is 34.3 Å². The third kappa shape index (κ3) is 4.82. The standard InChI is InChI=1S/C20H21F3N2O4S/c21-20(22,23)19(27)24-9-8-16-6-7-18(12-17(16)14-24)30(28,29)25(10-11-26)13-15-4-2-1-3-5-15/h1-7,12,26H,8-11,13-14H2. The van der Waals surface area contributed by atoms with E-state index in [0.717, 1.165) is 9.87 Å². The van der Waals surface area contributed by atoms with Crippen molar-refractivity contribution >= 4 is 15.9 Å². The number of halogens is 3. The number of carbonyl (C=O) groups excluding carboxylic acids is 1. The molecule has 2 aromatic carbocycles. The van der Waals surface area contributed by atoms with Crippen molar-refractivity contribution < 1.29 is 31.5 Å². The molecular formula is C20H21F3N2O4S. The van der Waals surface area contributed by atoms with Crippen LogP contribution < -0.4 is 0 Å². The van der Waals surface area contributed by atoms with E-state index in [9.17, 15) is 31.5 Å². The minimum atomic E-state index is -4.98. The highest BCUT2D eigenvalue weighted by Gasteiger charge is 2.43. The summed E-state index contributed by atoms with van der Waals surface area (Å²) < 4.78 is 65.7. The highest BCUT2D eigenvalue weighted by molar-refractivity contribution is 7.89. The van der Waals surface area contributed by atoms with E-state index in [2.05, 4.69) is 0 Å². The highest BCUT2D eigenvalue weighted by atomic mass is 32.2. The Labute approximate surface area is 172 Å². The third-order valence-corrected chi connectivity index (χ3v) is 6.75. The van der Waals surface area contributed by atoms with Crippen molar-refractivity contribution in [3.63, 3.8) is 0 Å². The number of benzene rings is 2. The molecule has 0 saturated carbocycles. The lowest BCUT2D eigenvalue weighted by Crippen LogP contribution is -2.43. The molecule has 0 aromatic heterocycles. The van der Waals surface area contributed by atoms with Crippen LogP contribution >= 0.6 is 0 Å². The molecule has 0 atom stereocenters. The zero-order valence-electron chi connectivity index (χ0n) is 16.0. The van der Waals surface area contributed by atoms with Crippen molar-refractivity contribution in [2.75, 3.05) is 19.7 Å². The number of aliphatic hydroxyl groups is 1. The monoisotopic (exact) mass is 442 g/mol. The fourth-order valence-electron chi connectivity index (χ4n) is 3.38. The number of aliphatic hydroxyl groups excluding tert-OH is 1. The molecule has 3 rings (SSSR count). The van der Waals surface area contributed by atoms with Crippen LogP contribution in [0.2, 0.25) is 0 Å². The van der Waals surface area contributed by atoms with E-state index in [0.29, 0.717) is 16.0 Å². The summed E-state index contributed by atoms with van der Waals surface area (Å²) in [5.74, 6) is -1.94. The second-order valence-corrected chi connectivity index (χ2v) is 8.89. The lowest BCUT2D eigenvalue weighted by Gasteiger charge is -2.30. The Kier molecular flexibility index (Phi) is 6.49. The highest BCUT2D eigenvalue weighted by Crippen LogP contribution is 2.28. The van der Waals surface area contributed by atoms with Crippen molar-refractivity contribution in [2.45, 2.75) is 30.6 Å².